The molecule has 0 atom stereocenters. The molecule has 0 saturated carbocycles. The molecule has 2 nitrogen and oxygen atoms in total. The van der Waals surface area contributed by atoms with Crippen molar-refractivity contribution < 1.29 is 4.79 Å². The second-order valence-corrected chi connectivity index (χ2v) is 7.16. The van der Waals surface area contributed by atoms with Crippen molar-refractivity contribution in [3.8, 4) is 0 Å². The first kappa shape index (κ1) is 14.1. The highest BCUT2D eigenvalue weighted by molar-refractivity contribution is 5.99. The van der Waals surface area contributed by atoms with Gasteiger partial charge in [0.2, 0.25) is 0 Å². The van der Waals surface area contributed by atoms with Crippen LogP contribution in [0.4, 0.5) is 0 Å². The minimum atomic E-state index is 0.0693. The largest absolute Gasteiger partial charge is 0.344 e. The first-order valence-corrected chi connectivity index (χ1v) is 7.63. The maximum Gasteiger partial charge on any atom is 0.165 e. The number of benzene rings is 1. The van der Waals surface area contributed by atoms with Crippen LogP contribution >= 0.6 is 0 Å². The molecular weight excluding hydrogens is 258 g/mol. The molecule has 1 aliphatic rings. The Morgan fingerprint density at radius 1 is 1.10 bits per heavy atom. The van der Waals surface area contributed by atoms with Gasteiger partial charge in [0.1, 0.15) is 0 Å². The van der Waals surface area contributed by atoms with Gasteiger partial charge < -0.3 is 4.57 Å². The zero-order valence-corrected chi connectivity index (χ0v) is 13.4. The van der Waals surface area contributed by atoms with Gasteiger partial charge in [-0.3, -0.25) is 4.79 Å². The topological polar surface area (TPSA) is 22.0 Å². The van der Waals surface area contributed by atoms with Crippen LogP contribution in [0.5, 0.6) is 0 Å². The second kappa shape index (κ2) is 4.87. The Balaban J connectivity index is 2.00. The summed E-state index contributed by atoms with van der Waals surface area (Å²) in [5.41, 5.74) is 5.99. The molecule has 1 aliphatic carbocycles. The molecule has 0 aliphatic heterocycles. The van der Waals surface area contributed by atoms with Crippen LogP contribution in [0.1, 0.15) is 53.1 Å². The predicted molar refractivity (Wildman–Crippen MR) is 85.9 cm³/mol. The van der Waals surface area contributed by atoms with Gasteiger partial charge in [0.15, 0.2) is 5.78 Å². The van der Waals surface area contributed by atoms with Crippen molar-refractivity contribution in [2.75, 3.05) is 0 Å². The summed E-state index contributed by atoms with van der Waals surface area (Å²) in [5, 5.41) is 0. The first-order valence-electron chi connectivity index (χ1n) is 7.63. The van der Waals surface area contributed by atoms with E-state index in [1.54, 1.807) is 0 Å². The Bertz CT molecular complexity index is 689. The van der Waals surface area contributed by atoms with E-state index in [1.807, 2.05) is 0 Å². The van der Waals surface area contributed by atoms with Crippen molar-refractivity contribution in [3.63, 3.8) is 0 Å². The van der Waals surface area contributed by atoms with Gasteiger partial charge in [-0.2, -0.15) is 0 Å². The molecule has 0 radical (unpaired) electrons. The first-order chi connectivity index (χ1) is 9.85. The molecule has 2 heteroatoms. The maximum absolute atomic E-state index is 12.4. The summed E-state index contributed by atoms with van der Waals surface area (Å²) in [4.78, 5) is 12.4. The normalized spacial score (nSPS) is 16.9. The Labute approximate surface area is 126 Å². The van der Waals surface area contributed by atoms with Crippen LogP contribution in [-0.4, -0.2) is 10.4 Å². The molecule has 2 aromatic rings. The number of fused-ring (bicyclic) bond motifs is 1. The Hall–Kier alpha value is -1.83. The standard InChI is InChI=1S/C19H23NO/c1-13-5-7-15(8-6-13)12-20-14(2)9-16-17(20)10-19(3,4)11-18(16)21/h5-9H,10-12H2,1-4H3. The summed E-state index contributed by atoms with van der Waals surface area (Å²) < 4.78 is 2.32. The molecule has 0 N–H and O–H groups in total. The van der Waals surface area contributed by atoms with E-state index in [4.69, 9.17) is 0 Å². The quantitative estimate of drug-likeness (QED) is 0.804. The summed E-state index contributed by atoms with van der Waals surface area (Å²) >= 11 is 0. The number of carbonyl (C=O) groups excluding carboxylic acids is 1. The molecular formula is C19H23NO. The molecule has 0 amide bonds. The molecule has 110 valence electrons. The van der Waals surface area contributed by atoms with Gasteiger partial charge in [0.25, 0.3) is 0 Å². The van der Waals surface area contributed by atoms with Gasteiger partial charge in [0, 0.05) is 29.9 Å². The third-order valence-electron chi connectivity index (χ3n) is 4.46. The van der Waals surface area contributed by atoms with Crippen LogP contribution in [-0.2, 0) is 13.0 Å². The van der Waals surface area contributed by atoms with E-state index in [9.17, 15) is 4.79 Å². The number of nitrogens with zero attached hydrogens (tertiary/aromatic N) is 1. The number of hydrogen-bond acceptors (Lipinski definition) is 1. The number of aromatic nitrogens is 1. The van der Waals surface area contributed by atoms with Gasteiger partial charge in [0.05, 0.1) is 0 Å². The summed E-state index contributed by atoms with van der Waals surface area (Å²) in [7, 11) is 0. The number of hydrogen-bond donors (Lipinski definition) is 0. The van der Waals surface area contributed by atoms with E-state index >= 15 is 0 Å². The minimum Gasteiger partial charge on any atom is -0.344 e. The van der Waals surface area contributed by atoms with E-state index in [1.165, 1.54) is 22.5 Å². The van der Waals surface area contributed by atoms with Crippen LogP contribution in [0.15, 0.2) is 30.3 Å². The van der Waals surface area contributed by atoms with Crippen molar-refractivity contribution in [1.29, 1.82) is 0 Å². The zero-order chi connectivity index (χ0) is 15.2. The van der Waals surface area contributed by atoms with E-state index < -0.39 is 0 Å². The summed E-state index contributed by atoms with van der Waals surface area (Å²) in [6, 6.07) is 10.7. The van der Waals surface area contributed by atoms with Crippen molar-refractivity contribution in [2.24, 2.45) is 5.41 Å². The molecule has 1 aromatic carbocycles. The lowest BCUT2D eigenvalue weighted by Gasteiger charge is -2.30. The monoisotopic (exact) mass is 281 g/mol. The van der Waals surface area contributed by atoms with Crippen molar-refractivity contribution >= 4 is 5.78 Å². The van der Waals surface area contributed by atoms with Crippen molar-refractivity contribution in [3.05, 3.63) is 58.4 Å². The van der Waals surface area contributed by atoms with Crippen molar-refractivity contribution in [2.45, 2.75) is 47.1 Å². The highest BCUT2D eigenvalue weighted by atomic mass is 16.1. The van der Waals surface area contributed by atoms with E-state index in [0.717, 1.165) is 18.5 Å². The lowest BCUT2D eigenvalue weighted by molar-refractivity contribution is 0.0910. The molecule has 21 heavy (non-hydrogen) atoms. The van der Waals surface area contributed by atoms with E-state index in [2.05, 4.69) is 62.6 Å². The van der Waals surface area contributed by atoms with Crippen LogP contribution in [0.2, 0.25) is 0 Å². The van der Waals surface area contributed by atoms with Crippen LogP contribution < -0.4 is 0 Å². The number of Topliss-reactive ketones (excluding diaryl/α,β-unsaturated/α-hetero) is 1. The van der Waals surface area contributed by atoms with Gasteiger partial charge in [-0.1, -0.05) is 43.7 Å². The van der Waals surface area contributed by atoms with Crippen LogP contribution in [0, 0.1) is 19.3 Å². The smallest absolute Gasteiger partial charge is 0.165 e. The zero-order valence-electron chi connectivity index (χ0n) is 13.4. The number of ketones is 1. The summed E-state index contributed by atoms with van der Waals surface area (Å²) in [5.74, 6) is 0.298. The summed E-state index contributed by atoms with van der Waals surface area (Å²) in [6.45, 7) is 9.43. The van der Waals surface area contributed by atoms with Gasteiger partial charge in [-0.25, -0.2) is 0 Å². The fraction of sp³-hybridized carbons (Fsp3) is 0.421. The lowest BCUT2D eigenvalue weighted by Crippen LogP contribution is -2.28. The number of rotatable bonds is 2. The Morgan fingerprint density at radius 3 is 2.43 bits per heavy atom. The lowest BCUT2D eigenvalue weighted by atomic mass is 9.76. The Morgan fingerprint density at radius 2 is 1.76 bits per heavy atom. The molecule has 0 saturated heterocycles. The molecule has 1 heterocycles. The third-order valence-corrected chi connectivity index (χ3v) is 4.46. The molecule has 0 fully saturated rings. The molecule has 0 spiro atoms. The third kappa shape index (κ3) is 2.67. The van der Waals surface area contributed by atoms with Gasteiger partial charge in [-0.05, 0) is 37.3 Å². The molecule has 1 aromatic heterocycles. The van der Waals surface area contributed by atoms with Crippen LogP contribution in [0.3, 0.4) is 0 Å². The molecule has 0 bridgehead atoms. The minimum absolute atomic E-state index is 0.0693. The highest BCUT2D eigenvalue weighted by Gasteiger charge is 2.33. The van der Waals surface area contributed by atoms with E-state index in [-0.39, 0.29) is 5.41 Å². The average molecular weight is 281 g/mol. The number of carbonyl (C=O) groups is 1. The fourth-order valence-electron chi connectivity index (χ4n) is 3.30. The summed E-state index contributed by atoms with van der Waals surface area (Å²) in [6.07, 6.45) is 1.64. The highest BCUT2D eigenvalue weighted by Crippen LogP contribution is 2.36. The van der Waals surface area contributed by atoms with Gasteiger partial charge >= 0.3 is 0 Å². The van der Waals surface area contributed by atoms with Gasteiger partial charge in [-0.15, -0.1) is 0 Å². The SMILES string of the molecule is Cc1ccc(Cn2c(C)cc3c2CC(C)(C)CC3=O)cc1. The maximum atomic E-state index is 12.4. The second-order valence-electron chi connectivity index (χ2n) is 7.16. The predicted octanol–water partition coefficient (Wildman–Crippen LogP) is 4.31. The molecule has 3 rings (SSSR count). The fourth-order valence-corrected chi connectivity index (χ4v) is 3.30. The average Bonchev–Trinajstić information content (AvgIpc) is 2.69. The number of aryl methyl sites for hydroxylation is 2. The van der Waals surface area contributed by atoms with Crippen molar-refractivity contribution in [1.82, 2.24) is 4.57 Å². The molecule has 0 unspecified atom stereocenters. The van der Waals surface area contributed by atoms with Crippen LogP contribution in [0.25, 0.3) is 0 Å². The van der Waals surface area contributed by atoms with E-state index in [0.29, 0.717) is 12.2 Å². The Kier molecular flexibility index (Phi) is 3.27.